The number of carbonyl (C=O) groups is 2. The van der Waals surface area contributed by atoms with E-state index in [2.05, 4.69) is 5.32 Å². The highest BCUT2D eigenvalue weighted by molar-refractivity contribution is 6.24. The Morgan fingerprint density at radius 2 is 1.59 bits per heavy atom. The number of nitrogens with one attached hydrogen (secondary N) is 1. The van der Waals surface area contributed by atoms with E-state index >= 15 is 0 Å². The Balaban J connectivity index is 2.50. The van der Waals surface area contributed by atoms with Crippen molar-refractivity contribution in [3.8, 4) is 5.75 Å². The summed E-state index contributed by atoms with van der Waals surface area (Å²) in [4.78, 5) is 24.9. The Labute approximate surface area is 163 Å². The molecule has 29 heavy (non-hydrogen) atoms. The van der Waals surface area contributed by atoms with Gasteiger partial charge in [-0.25, -0.2) is 22.4 Å². The van der Waals surface area contributed by atoms with Crippen molar-refractivity contribution < 1.29 is 36.6 Å². The number of esters is 1. The number of hydrogen-bond donors (Lipinski definition) is 1. The lowest BCUT2D eigenvalue weighted by Gasteiger charge is -2.12. The number of ether oxygens (including phenoxy) is 2. The second-order valence-corrected chi connectivity index (χ2v) is 5.74. The molecule has 0 saturated carbocycles. The highest BCUT2D eigenvalue weighted by Gasteiger charge is 2.31. The van der Waals surface area contributed by atoms with Crippen LogP contribution in [0, 0.1) is 30.2 Å². The molecule has 0 aliphatic rings. The highest BCUT2D eigenvalue weighted by Crippen LogP contribution is 2.26. The molecule has 0 radical (unpaired) electrons. The molecule has 2 aromatic carbocycles. The largest absolute Gasteiger partial charge is 0.497 e. The molecule has 0 saturated heterocycles. The predicted octanol–water partition coefficient (Wildman–Crippen LogP) is 4.30. The number of anilines is 1. The van der Waals surface area contributed by atoms with Gasteiger partial charge in [0, 0.05) is 17.5 Å². The van der Waals surface area contributed by atoms with Gasteiger partial charge in [0.1, 0.15) is 11.3 Å². The van der Waals surface area contributed by atoms with Gasteiger partial charge in [-0.2, -0.15) is 0 Å². The Bertz CT molecular complexity index is 942. The van der Waals surface area contributed by atoms with Crippen molar-refractivity contribution in [2.24, 2.45) is 0 Å². The molecule has 0 unspecified atom stereocenters. The van der Waals surface area contributed by atoms with Gasteiger partial charge in [-0.05, 0) is 38.1 Å². The summed E-state index contributed by atoms with van der Waals surface area (Å²) in [6.45, 7) is 2.26. The summed E-state index contributed by atoms with van der Waals surface area (Å²) in [5.74, 6) is -9.78. The van der Waals surface area contributed by atoms with Gasteiger partial charge in [0.2, 0.25) is 5.78 Å². The number of hydrogen-bond acceptors (Lipinski definition) is 5. The fourth-order valence-corrected chi connectivity index (χ4v) is 2.41. The number of methoxy groups -OCH3 is 1. The Morgan fingerprint density at radius 1 is 1.00 bits per heavy atom. The summed E-state index contributed by atoms with van der Waals surface area (Å²) in [5, 5.41) is 2.64. The van der Waals surface area contributed by atoms with E-state index in [-0.39, 0.29) is 6.61 Å². The summed E-state index contributed by atoms with van der Waals surface area (Å²) < 4.78 is 64.8. The number of carbonyl (C=O) groups excluding carboxylic acids is 2. The topological polar surface area (TPSA) is 64.6 Å². The molecule has 1 N–H and O–H groups in total. The van der Waals surface area contributed by atoms with Crippen LogP contribution in [0.25, 0.3) is 0 Å². The van der Waals surface area contributed by atoms with Crippen molar-refractivity contribution in [2.45, 2.75) is 13.8 Å². The third-order valence-electron chi connectivity index (χ3n) is 3.94. The Morgan fingerprint density at radius 3 is 2.14 bits per heavy atom. The predicted molar refractivity (Wildman–Crippen MR) is 96.7 cm³/mol. The van der Waals surface area contributed by atoms with Gasteiger partial charge >= 0.3 is 5.97 Å². The molecule has 9 heteroatoms. The van der Waals surface area contributed by atoms with Crippen LogP contribution in [0.15, 0.2) is 36.0 Å². The molecule has 5 nitrogen and oxygen atoms in total. The molecule has 0 aliphatic heterocycles. The molecule has 0 spiro atoms. The first kappa shape index (κ1) is 21.9. The molecule has 0 heterocycles. The van der Waals surface area contributed by atoms with Crippen LogP contribution in [0.1, 0.15) is 22.8 Å². The van der Waals surface area contributed by atoms with Crippen LogP contribution >= 0.6 is 0 Å². The lowest BCUT2D eigenvalue weighted by atomic mass is 9.97. The quantitative estimate of drug-likeness (QED) is 0.108. The van der Waals surface area contributed by atoms with Crippen molar-refractivity contribution in [1.82, 2.24) is 0 Å². The zero-order valence-electron chi connectivity index (χ0n) is 15.7. The summed E-state index contributed by atoms with van der Waals surface area (Å²) in [7, 11) is 1.47. The second kappa shape index (κ2) is 9.22. The van der Waals surface area contributed by atoms with Gasteiger partial charge in [-0.15, -0.1) is 0 Å². The monoisotopic (exact) mass is 411 g/mol. The van der Waals surface area contributed by atoms with Crippen LogP contribution in [-0.2, 0) is 9.53 Å². The van der Waals surface area contributed by atoms with Gasteiger partial charge in [-0.3, -0.25) is 4.79 Å². The summed E-state index contributed by atoms with van der Waals surface area (Å²) in [5.41, 5.74) is -2.17. The Kier molecular flexibility index (Phi) is 6.98. The van der Waals surface area contributed by atoms with Crippen molar-refractivity contribution in [1.29, 1.82) is 0 Å². The van der Waals surface area contributed by atoms with Crippen molar-refractivity contribution in [3.05, 3.63) is 70.4 Å². The van der Waals surface area contributed by atoms with Crippen LogP contribution in [0.4, 0.5) is 23.2 Å². The first-order valence-electron chi connectivity index (χ1n) is 8.38. The number of halogens is 4. The minimum Gasteiger partial charge on any atom is -0.497 e. The molecule has 0 aromatic heterocycles. The summed E-state index contributed by atoms with van der Waals surface area (Å²) in [6.07, 6.45) is 0.917. The van der Waals surface area contributed by atoms with E-state index in [0.29, 0.717) is 11.4 Å². The maximum Gasteiger partial charge on any atom is 0.343 e. The van der Waals surface area contributed by atoms with Crippen LogP contribution in [-0.4, -0.2) is 25.5 Å². The maximum atomic E-state index is 14.2. The lowest BCUT2D eigenvalue weighted by molar-refractivity contribution is -0.138. The summed E-state index contributed by atoms with van der Waals surface area (Å²) >= 11 is 0. The van der Waals surface area contributed by atoms with Crippen LogP contribution in [0.2, 0.25) is 0 Å². The van der Waals surface area contributed by atoms with Crippen LogP contribution in [0.5, 0.6) is 5.75 Å². The molecule has 0 aliphatic carbocycles. The van der Waals surface area contributed by atoms with E-state index in [1.165, 1.54) is 14.0 Å². The summed E-state index contributed by atoms with van der Waals surface area (Å²) in [6, 6.07) is 6.31. The number of benzene rings is 2. The third-order valence-corrected chi connectivity index (χ3v) is 3.94. The lowest BCUT2D eigenvalue weighted by Crippen LogP contribution is -2.21. The minimum atomic E-state index is -2.15. The van der Waals surface area contributed by atoms with E-state index in [4.69, 9.17) is 9.47 Å². The molecular weight excluding hydrogens is 394 g/mol. The third kappa shape index (κ3) is 4.56. The molecule has 0 bridgehead atoms. The zero-order chi connectivity index (χ0) is 21.7. The molecule has 154 valence electrons. The van der Waals surface area contributed by atoms with Crippen molar-refractivity contribution >= 4 is 17.4 Å². The molecule has 0 atom stereocenters. The minimum absolute atomic E-state index is 0.112. The number of rotatable bonds is 7. The van der Waals surface area contributed by atoms with E-state index in [9.17, 15) is 27.2 Å². The van der Waals surface area contributed by atoms with E-state index < -0.39 is 51.7 Å². The van der Waals surface area contributed by atoms with Crippen molar-refractivity contribution in [3.63, 3.8) is 0 Å². The maximum absolute atomic E-state index is 14.2. The van der Waals surface area contributed by atoms with Gasteiger partial charge < -0.3 is 14.8 Å². The van der Waals surface area contributed by atoms with Gasteiger partial charge in [0.05, 0.1) is 19.3 Å². The molecule has 2 rings (SSSR count). The van der Waals surface area contributed by atoms with Crippen molar-refractivity contribution in [2.75, 3.05) is 19.0 Å². The van der Waals surface area contributed by atoms with Crippen LogP contribution < -0.4 is 10.1 Å². The average Bonchev–Trinajstić information content (AvgIpc) is 2.71. The SMILES string of the molecule is CCOC(=O)C(=CNc1ccc(OC)cc1)C(=O)c1c(C)c(F)c(F)c(F)c1F. The first-order valence-corrected chi connectivity index (χ1v) is 8.38. The Hall–Kier alpha value is -3.36. The standard InChI is InChI=1S/C20H17F4NO4/c1-4-29-20(27)13(9-25-11-5-7-12(28-3)8-6-11)19(26)14-10(2)15(21)17(23)18(24)16(14)22/h5-9,25H,4H2,1-3H3. The number of Topliss-reactive ketones (excluding diaryl/α,β-unsaturated/α-hetero) is 1. The average molecular weight is 411 g/mol. The molecule has 0 fully saturated rings. The molecule has 0 amide bonds. The zero-order valence-corrected chi connectivity index (χ0v) is 15.7. The highest BCUT2D eigenvalue weighted by atomic mass is 19.2. The normalized spacial score (nSPS) is 11.2. The van der Waals surface area contributed by atoms with Gasteiger partial charge in [0.15, 0.2) is 23.3 Å². The van der Waals surface area contributed by atoms with E-state index in [0.717, 1.165) is 13.1 Å². The smallest absolute Gasteiger partial charge is 0.343 e. The van der Waals surface area contributed by atoms with Gasteiger partial charge in [0.25, 0.3) is 0 Å². The fourth-order valence-electron chi connectivity index (χ4n) is 2.41. The second-order valence-electron chi connectivity index (χ2n) is 5.74. The fraction of sp³-hybridized carbons (Fsp3) is 0.200. The van der Waals surface area contributed by atoms with Gasteiger partial charge in [-0.1, -0.05) is 0 Å². The van der Waals surface area contributed by atoms with Crippen LogP contribution in [0.3, 0.4) is 0 Å². The van der Waals surface area contributed by atoms with E-state index in [1.807, 2.05) is 0 Å². The van der Waals surface area contributed by atoms with E-state index in [1.54, 1.807) is 24.3 Å². The molecule has 2 aromatic rings. The number of ketones is 1. The molecular formula is C20H17F4NO4. The first-order chi connectivity index (χ1) is 13.7.